The molecule has 0 spiro atoms. The van der Waals surface area contributed by atoms with Crippen molar-refractivity contribution in [3.63, 3.8) is 0 Å². The Hall–Kier alpha value is -8.75. The van der Waals surface area contributed by atoms with Gasteiger partial charge in [-0.25, -0.2) is 9.97 Å². The zero-order valence-electron chi connectivity index (χ0n) is 47.4. The second kappa shape index (κ2) is 24.4. The first-order valence-corrected chi connectivity index (χ1v) is 29.6. The normalized spacial score (nSPS) is 18.7. The molecule has 2 aliphatic carbocycles. The summed E-state index contributed by atoms with van der Waals surface area (Å²) in [5.74, 6) is -2.27. The Morgan fingerprint density at radius 2 is 0.932 bits per heavy atom. The van der Waals surface area contributed by atoms with E-state index in [0.29, 0.717) is 71.7 Å². The summed E-state index contributed by atoms with van der Waals surface area (Å²) in [4.78, 5) is 46.4. The Bertz CT molecular complexity index is 3690. The lowest BCUT2D eigenvalue weighted by Crippen LogP contribution is -2.21. The van der Waals surface area contributed by atoms with Crippen LogP contribution < -0.4 is 21.3 Å². The van der Waals surface area contributed by atoms with Gasteiger partial charge in [0.25, 0.3) is 11.8 Å². The molecule has 0 bridgehead atoms. The van der Waals surface area contributed by atoms with Crippen LogP contribution in [0.3, 0.4) is 0 Å². The Morgan fingerprint density at radius 1 is 0.545 bits per heavy atom. The summed E-state index contributed by atoms with van der Waals surface area (Å²) in [6.45, 7) is 0.192. The first-order valence-electron chi connectivity index (χ1n) is 28.4. The van der Waals surface area contributed by atoms with Gasteiger partial charge in [-0.2, -0.15) is 46.5 Å². The molecule has 12 rings (SSSR count). The van der Waals surface area contributed by atoms with Gasteiger partial charge in [0.1, 0.15) is 22.8 Å². The third-order valence-corrected chi connectivity index (χ3v) is 17.0. The average molecular weight is 1230 g/mol. The summed E-state index contributed by atoms with van der Waals surface area (Å²) in [6, 6.07) is 19.7. The van der Waals surface area contributed by atoms with E-state index in [0.717, 1.165) is 47.9 Å². The maximum atomic E-state index is 14.5. The van der Waals surface area contributed by atoms with E-state index in [1.807, 2.05) is 21.8 Å². The number of rotatable bonds is 18. The molecule has 0 radical (unpaired) electrons. The highest BCUT2D eigenvalue weighted by Gasteiger charge is 2.39. The molecule has 2 fully saturated rings. The van der Waals surface area contributed by atoms with Crippen LogP contribution in [0, 0.1) is 0 Å². The van der Waals surface area contributed by atoms with Gasteiger partial charge >= 0.3 is 20.6 Å². The molecule has 0 saturated heterocycles. The van der Waals surface area contributed by atoms with Crippen molar-refractivity contribution in [1.29, 1.82) is 0 Å². The number of alkyl halides is 6. The van der Waals surface area contributed by atoms with Gasteiger partial charge < -0.3 is 50.3 Å². The monoisotopic (exact) mass is 1230 g/mol. The second-order valence-corrected chi connectivity index (χ2v) is 23.4. The van der Waals surface area contributed by atoms with Crippen molar-refractivity contribution >= 4 is 66.4 Å². The Labute approximate surface area is 500 Å². The number of carbonyl (C=O) groups excluding carboxylic acids is 2. The Kier molecular flexibility index (Phi) is 16.5. The summed E-state index contributed by atoms with van der Waals surface area (Å²) in [7, 11) is 0.180. The van der Waals surface area contributed by atoms with E-state index in [9.17, 15) is 50.7 Å². The van der Waals surface area contributed by atoms with Gasteiger partial charge in [-0.15, -0.1) is 0 Å². The molecule has 88 heavy (non-hydrogen) atoms. The number of nitrogens with one attached hydrogen (secondary N) is 4. The first-order chi connectivity index (χ1) is 42.2. The lowest BCUT2D eigenvalue weighted by Gasteiger charge is -2.25. The Morgan fingerprint density at radius 3 is 1.31 bits per heavy atom. The summed E-state index contributed by atoms with van der Waals surface area (Å²) in [6.07, 6.45) is 3.88. The fourth-order valence-corrected chi connectivity index (χ4v) is 12.2. The topological polar surface area (TPSA) is 252 Å². The number of aliphatic hydroxyl groups is 2. The molecule has 6 N–H and O–H groups in total. The highest BCUT2D eigenvalue weighted by molar-refractivity contribution is 7.33. The lowest BCUT2D eigenvalue weighted by molar-refractivity contribution is -0.138. The van der Waals surface area contributed by atoms with Crippen LogP contribution in [0.2, 0.25) is 0 Å². The molecule has 6 heterocycles. The molecule has 4 aromatic heterocycles. The number of nitrogens with zero attached hydrogens (tertiary/aromatic N) is 10. The van der Waals surface area contributed by atoms with Crippen LogP contribution in [0.25, 0.3) is 22.3 Å². The lowest BCUT2D eigenvalue weighted by atomic mass is 9.93. The number of carbonyl (C=O) groups is 2. The predicted molar refractivity (Wildman–Crippen MR) is 313 cm³/mol. The van der Waals surface area contributed by atoms with Crippen LogP contribution in [0.5, 0.6) is 0 Å². The number of aromatic nitrogens is 8. The van der Waals surface area contributed by atoms with E-state index in [1.165, 1.54) is 9.80 Å². The molecule has 4 aromatic carbocycles. The molecular weight excluding hydrogens is 1170 g/mol. The zero-order chi connectivity index (χ0) is 61.6. The van der Waals surface area contributed by atoms with Gasteiger partial charge in [-0.05, 0) is 121 Å². The summed E-state index contributed by atoms with van der Waals surface area (Å²) >= 11 is 0. The largest absolute Gasteiger partial charge is 0.421 e. The minimum absolute atomic E-state index is 0.114. The van der Waals surface area contributed by atoms with Crippen molar-refractivity contribution in [3.8, 4) is 22.3 Å². The van der Waals surface area contributed by atoms with Gasteiger partial charge in [0.2, 0.25) is 11.9 Å². The number of benzene rings is 4. The van der Waals surface area contributed by atoms with Gasteiger partial charge in [0, 0.05) is 74.5 Å². The van der Waals surface area contributed by atoms with Crippen LogP contribution in [0.1, 0.15) is 118 Å². The average Bonchev–Trinajstić information content (AvgIpc) is 1.95. The van der Waals surface area contributed by atoms with Crippen LogP contribution in [0.4, 0.5) is 72.6 Å². The maximum absolute atomic E-state index is 14.5. The first kappa shape index (κ1) is 59.6. The number of hydrogen-bond donors (Lipinski definition) is 6. The number of anilines is 8. The fraction of sp³-hybridized carbons (Fsp3) is 0.333. The van der Waals surface area contributed by atoms with E-state index >= 15 is 0 Å². The molecule has 21 nitrogen and oxygen atoms in total. The minimum Gasteiger partial charge on any atom is -0.393 e. The molecule has 0 unspecified atom stereocenters. The van der Waals surface area contributed by atoms with Crippen molar-refractivity contribution in [2.45, 2.75) is 114 Å². The minimum atomic E-state index is -4.86. The van der Waals surface area contributed by atoms with Crippen molar-refractivity contribution in [3.05, 3.63) is 154 Å². The number of aliphatic hydroxyl groups excluding tert-OH is 2. The molecule has 28 heteroatoms. The second-order valence-electron chi connectivity index (χ2n) is 22.3. The van der Waals surface area contributed by atoms with Gasteiger partial charge in [0.15, 0.2) is 0 Å². The molecule has 2 saturated carbocycles. The summed E-state index contributed by atoms with van der Waals surface area (Å²) in [5, 5.41) is 40.5. The van der Waals surface area contributed by atoms with Gasteiger partial charge in [-0.1, -0.05) is 36.4 Å². The molecule has 2 aliphatic heterocycles. The third-order valence-electron chi connectivity index (χ3n) is 16.3. The van der Waals surface area contributed by atoms with E-state index in [4.69, 9.17) is 9.05 Å². The summed E-state index contributed by atoms with van der Waals surface area (Å²) in [5.41, 5.74) is 4.52. The standard InChI is InChI=1S/C60H59F6N14O7P/c1-77-29-45-43(35-23-69-79(27-35)39-11-15-41(81)16-12-39)19-21-49(51(45)55(77)83)73-53-47(59(61,62)63)25-67-57(75-53)71-37-7-3-33(4-8-37)31-86-88(85)87-32-34-5-9-38(10-6-34)72-58-68-26-48(60(64,65)66)54(76-58)74-50-22-20-44(46-30-78(2)56(84)52(46)50)36-24-70-80(28-36)40-13-17-42(82)18-14-40/h3-10,19-28,39-42,81-82,88H,11-18,29-32H2,1-2H3,(H2,67,71,73,75)(H2,68,72,74,76)/t39-,40-,41-,42-. The van der Waals surface area contributed by atoms with Crippen molar-refractivity contribution in [2.75, 3.05) is 35.4 Å². The third kappa shape index (κ3) is 12.8. The van der Waals surface area contributed by atoms with Crippen LogP contribution in [-0.4, -0.2) is 97.6 Å². The van der Waals surface area contributed by atoms with Crippen molar-refractivity contribution in [2.24, 2.45) is 0 Å². The van der Waals surface area contributed by atoms with E-state index in [2.05, 4.69) is 51.4 Å². The number of fused-ring (bicyclic) bond motifs is 2. The van der Waals surface area contributed by atoms with E-state index in [-0.39, 0.29) is 96.8 Å². The molecule has 2 amide bonds. The molecule has 0 atom stereocenters. The van der Waals surface area contributed by atoms with E-state index < -0.39 is 43.4 Å². The van der Waals surface area contributed by atoms with Gasteiger partial charge in [-0.3, -0.25) is 23.5 Å². The smallest absolute Gasteiger partial charge is 0.393 e. The fourth-order valence-electron chi connectivity index (χ4n) is 11.6. The molecule has 458 valence electrons. The number of halogens is 6. The summed E-state index contributed by atoms with van der Waals surface area (Å²) < 4.78 is 114. The molecular formula is C60H59F6N14O7P. The molecule has 8 aromatic rings. The zero-order valence-corrected chi connectivity index (χ0v) is 48.4. The quantitative estimate of drug-likeness (QED) is 0.0345. The predicted octanol–water partition coefficient (Wildman–Crippen LogP) is 12.3. The highest BCUT2D eigenvalue weighted by atomic mass is 31.1. The van der Waals surface area contributed by atoms with Crippen molar-refractivity contribution < 1.29 is 59.8 Å². The number of hydrogen-bond acceptors (Lipinski definition) is 17. The van der Waals surface area contributed by atoms with Crippen molar-refractivity contribution in [1.82, 2.24) is 49.3 Å². The number of amides is 2. The van der Waals surface area contributed by atoms with Crippen LogP contribution >= 0.6 is 8.25 Å². The van der Waals surface area contributed by atoms with E-state index in [1.54, 1.807) is 99.3 Å². The van der Waals surface area contributed by atoms with Crippen LogP contribution in [0.15, 0.2) is 110 Å². The molecule has 4 aliphatic rings. The maximum Gasteiger partial charge on any atom is 0.421 e. The highest BCUT2D eigenvalue weighted by Crippen LogP contribution is 2.44. The SMILES string of the molecule is CN1Cc2c(-c3cnn([C@H]4CC[C@H](O)CC4)c3)ccc(Nc3nc(Nc4ccc(CO[PH](=O)OCc5ccc(Nc6ncc(C(F)(F)F)c(Nc7ccc(-c8cnn([C@H]9CC[C@H](O)CC9)c8)c8c7C(=O)N(C)C8)n6)cc5)cc4)ncc3C(F)(F)F)c2C1=O. The van der Waals surface area contributed by atoms with Crippen LogP contribution in [-0.2, 0) is 52.3 Å². The Balaban J connectivity index is 0.654. The van der Waals surface area contributed by atoms with Gasteiger partial charge in [0.05, 0.1) is 72.4 Å².